The average molecular weight is 376 g/mol. The molecule has 6 heteroatoms. The molecule has 1 aliphatic carbocycles. The van der Waals surface area contributed by atoms with Crippen LogP contribution in [0.15, 0.2) is 42.5 Å². The lowest BCUT2D eigenvalue weighted by molar-refractivity contribution is 0.0937. The minimum Gasteiger partial charge on any atom is -0.391 e. The second kappa shape index (κ2) is 6.63. The Morgan fingerprint density at radius 1 is 1.21 bits per heavy atom. The van der Waals surface area contributed by atoms with Crippen LogP contribution in [-0.4, -0.2) is 39.8 Å². The molecule has 2 heterocycles. The highest BCUT2D eigenvalue weighted by Gasteiger charge is 2.26. The van der Waals surface area contributed by atoms with Gasteiger partial charge in [0.25, 0.3) is 5.91 Å². The molecule has 1 fully saturated rings. The Balaban J connectivity index is 1.40. The number of aromatic nitrogens is 2. The zero-order chi connectivity index (χ0) is 19.3. The summed E-state index contributed by atoms with van der Waals surface area (Å²) in [5.41, 5.74) is 4.97. The van der Waals surface area contributed by atoms with E-state index >= 15 is 0 Å². The zero-order valence-corrected chi connectivity index (χ0v) is 15.9. The first-order chi connectivity index (χ1) is 13.6. The predicted octanol–water partition coefficient (Wildman–Crippen LogP) is 2.56. The van der Waals surface area contributed by atoms with Crippen molar-refractivity contribution in [1.29, 1.82) is 0 Å². The van der Waals surface area contributed by atoms with Crippen molar-refractivity contribution in [1.82, 2.24) is 14.9 Å². The maximum absolute atomic E-state index is 12.9. The molecule has 144 valence electrons. The monoisotopic (exact) mass is 376 g/mol. The number of fused-ring (bicyclic) bond motifs is 2. The second-order valence-electron chi connectivity index (χ2n) is 7.83. The van der Waals surface area contributed by atoms with Crippen molar-refractivity contribution in [3.05, 3.63) is 59.2 Å². The highest BCUT2D eigenvalue weighted by Crippen LogP contribution is 2.31. The molecular formula is C22H24N4O2. The number of β-amino-alcohol motifs (C(OH)–C–C–N with tert-alkyl or cyclic N) is 1. The number of imidazole rings is 1. The number of hydrogen-bond acceptors (Lipinski definition) is 4. The quantitative estimate of drug-likeness (QED) is 0.737. The fourth-order valence-corrected chi connectivity index (χ4v) is 4.48. The van der Waals surface area contributed by atoms with Crippen LogP contribution in [0, 0.1) is 0 Å². The molecule has 6 nitrogen and oxygen atoms in total. The van der Waals surface area contributed by atoms with Gasteiger partial charge in [0.05, 0.1) is 23.2 Å². The normalized spacial score (nSPS) is 21.3. The van der Waals surface area contributed by atoms with E-state index in [2.05, 4.69) is 28.4 Å². The summed E-state index contributed by atoms with van der Waals surface area (Å²) in [5.74, 6) is 0.779. The maximum atomic E-state index is 12.9. The van der Waals surface area contributed by atoms with Crippen LogP contribution in [0.4, 0.5) is 5.95 Å². The van der Waals surface area contributed by atoms with Crippen LogP contribution in [0.3, 0.4) is 0 Å². The number of carbonyl (C=O) groups excluding carboxylic acids is 1. The molecule has 2 N–H and O–H groups in total. The van der Waals surface area contributed by atoms with Gasteiger partial charge in [0.15, 0.2) is 0 Å². The summed E-state index contributed by atoms with van der Waals surface area (Å²) in [6.07, 6.45) is 2.42. The van der Waals surface area contributed by atoms with E-state index < -0.39 is 0 Å². The van der Waals surface area contributed by atoms with Crippen molar-refractivity contribution in [2.45, 2.75) is 31.4 Å². The fraction of sp³-hybridized carbons (Fsp3) is 0.364. The van der Waals surface area contributed by atoms with Crippen LogP contribution in [-0.2, 0) is 13.5 Å². The van der Waals surface area contributed by atoms with Crippen molar-refractivity contribution in [2.24, 2.45) is 7.05 Å². The molecule has 0 spiro atoms. The van der Waals surface area contributed by atoms with Gasteiger partial charge in [-0.25, -0.2) is 4.98 Å². The van der Waals surface area contributed by atoms with E-state index in [1.165, 1.54) is 11.1 Å². The first-order valence-electron chi connectivity index (χ1n) is 9.88. The molecule has 1 aromatic heterocycles. The largest absolute Gasteiger partial charge is 0.391 e. The first kappa shape index (κ1) is 17.3. The minimum atomic E-state index is -0.296. The Kier molecular flexibility index (Phi) is 4.09. The van der Waals surface area contributed by atoms with Crippen LogP contribution >= 0.6 is 0 Å². The summed E-state index contributed by atoms with van der Waals surface area (Å²) in [5, 5.41) is 13.0. The van der Waals surface area contributed by atoms with Crippen molar-refractivity contribution < 1.29 is 9.90 Å². The third kappa shape index (κ3) is 2.85. The molecule has 1 saturated heterocycles. The lowest BCUT2D eigenvalue weighted by Crippen LogP contribution is -2.27. The summed E-state index contributed by atoms with van der Waals surface area (Å²) in [6, 6.07) is 14.1. The number of anilines is 1. The molecule has 0 bridgehead atoms. The summed E-state index contributed by atoms with van der Waals surface area (Å²) >= 11 is 0. The Hall–Kier alpha value is -2.86. The number of carbonyl (C=O) groups is 1. The molecule has 2 aliphatic rings. The van der Waals surface area contributed by atoms with Crippen molar-refractivity contribution in [3.8, 4) is 0 Å². The van der Waals surface area contributed by atoms with Gasteiger partial charge < -0.3 is 19.9 Å². The molecule has 0 unspecified atom stereocenters. The van der Waals surface area contributed by atoms with Crippen LogP contribution in [0.5, 0.6) is 0 Å². The molecule has 1 amide bonds. The number of benzene rings is 2. The standard InChI is InChI=1S/C22H24N4O2/c1-25-20-9-7-15(12-19(20)24-22(25)26-11-10-16(27)13-26)21(28)23-18-8-6-14-4-2-3-5-17(14)18/h2-5,7,9,12,16,18,27H,6,8,10-11,13H2,1H3,(H,23,28)/t16-,18-/m0/s1. The van der Waals surface area contributed by atoms with E-state index in [-0.39, 0.29) is 18.1 Å². The van der Waals surface area contributed by atoms with Crippen molar-refractivity contribution >= 4 is 22.9 Å². The molecule has 0 radical (unpaired) electrons. The molecule has 5 rings (SSSR count). The maximum Gasteiger partial charge on any atom is 0.251 e. The number of aliphatic hydroxyl groups excluding tert-OH is 1. The topological polar surface area (TPSA) is 70.4 Å². The van der Waals surface area contributed by atoms with Gasteiger partial charge >= 0.3 is 0 Å². The molecule has 3 aromatic rings. The van der Waals surface area contributed by atoms with Gasteiger partial charge in [0, 0.05) is 25.7 Å². The predicted molar refractivity (Wildman–Crippen MR) is 109 cm³/mol. The van der Waals surface area contributed by atoms with Crippen molar-refractivity contribution in [2.75, 3.05) is 18.0 Å². The van der Waals surface area contributed by atoms with Gasteiger partial charge in [-0.05, 0) is 48.6 Å². The highest BCUT2D eigenvalue weighted by molar-refractivity contribution is 5.98. The third-order valence-electron chi connectivity index (χ3n) is 6.00. The van der Waals surface area contributed by atoms with E-state index in [4.69, 9.17) is 4.98 Å². The Morgan fingerprint density at radius 2 is 2.07 bits per heavy atom. The van der Waals surface area contributed by atoms with Gasteiger partial charge in [-0.2, -0.15) is 0 Å². The lowest BCUT2D eigenvalue weighted by Gasteiger charge is -2.16. The van der Waals surface area contributed by atoms with Gasteiger partial charge in [0.2, 0.25) is 5.95 Å². The number of nitrogens with one attached hydrogen (secondary N) is 1. The van der Waals surface area contributed by atoms with E-state index in [9.17, 15) is 9.90 Å². The minimum absolute atomic E-state index is 0.0626. The molecule has 2 aromatic carbocycles. The number of rotatable bonds is 3. The Bertz CT molecular complexity index is 1060. The Labute approximate surface area is 163 Å². The zero-order valence-electron chi connectivity index (χ0n) is 15.9. The summed E-state index contributed by atoms with van der Waals surface area (Å²) in [6.45, 7) is 1.40. The summed E-state index contributed by atoms with van der Waals surface area (Å²) < 4.78 is 2.03. The summed E-state index contributed by atoms with van der Waals surface area (Å²) in [7, 11) is 1.98. The number of amides is 1. The fourth-order valence-electron chi connectivity index (χ4n) is 4.48. The van der Waals surface area contributed by atoms with Gasteiger partial charge in [-0.15, -0.1) is 0 Å². The number of aryl methyl sites for hydroxylation is 2. The number of aliphatic hydroxyl groups is 1. The Morgan fingerprint density at radius 3 is 2.89 bits per heavy atom. The van der Waals surface area contributed by atoms with E-state index in [0.29, 0.717) is 12.1 Å². The second-order valence-corrected chi connectivity index (χ2v) is 7.83. The van der Waals surface area contributed by atoms with Crippen LogP contribution in [0.1, 0.15) is 40.4 Å². The highest BCUT2D eigenvalue weighted by atomic mass is 16.3. The first-order valence-corrected chi connectivity index (χ1v) is 9.88. The molecule has 0 saturated carbocycles. The van der Waals surface area contributed by atoms with Crippen LogP contribution < -0.4 is 10.2 Å². The lowest BCUT2D eigenvalue weighted by atomic mass is 10.1. The SMILES string of the molecule is Cn1c(N2CC[C@H](O)C2)nc2cc(C(=O)N[C@H]3CCc4ccccc43)ccc21. The van der Waals surface area contributed by atoms with E-state index in [0.717, 1.165) is 42.8 Å². The van der Waals surface area contributed by atoms with Crippen LogP contribution in [0.25, 0.3) is 11.0 Å². The van der Waals surface area contributed by atoms with E-state index in [1.807, 2.05) is 35.9 Å². The smallest absolute Gasteiger partial charge is 0.251 e. The van der Waals surface area contributed by atoms with Gasteiger partial charge in [-0.1, -0.05) is 24.3 Å². The van der Waals surface area contributed by atoms with Crippen molar-refractivity contribution in [3.63, 3.8) is 0 Å². The number of hydrogen-bond donors (Lipinski definition) is 2. The molecule has 28 heavy (non-hydrogen) atoms. The van der Waals surface area contributed by atoms with E-state index in [1.54, 1.807) is 0 Å². The number of nitrogens with zero attached hydrogens (tertiary/aromatic N) is 3. The summed E-state index contributed by atoms with van der Waals surface area (Å²) in [4.78, 5) is 19.7. The van der Waals surface area contributed by atoms with Gasteiger partial charge in [0.1, 0.15) is 0 Å². The molecule has 1 aliphatic heterocycles. The third-order valence-corrected chi connectivity index (χ3v) is 6.00. The molecule has 2 atom stereocenters. The molecular weight excluding hydrogens is 352 g/mol. The average Bonchev–Trinajstić information content (AvgIpc) is 3.40. The van der Waals surface area contributed by atoms with Crippen LogP contribution in [0.2, 0.25) is 0 Å². The van der Waals surface area contributed by atoms with Gasteiger partial charge in [-0.3, -0.25) is 4.79 Å².